The number of benzene rings is 1. The molecule has 0 aromatic heterocycles. The average molecular weight is 263 g/mol. The first-order valence-corrected chi connectivity index (χ1v) is 5.63. The van der Waals surface area contributed by atoms with E-state index in [2.05, 4.69) is 4.99 Å². The number of isocyanates is 1. The van der Waals surface area contributed by atoms with Gasteiger partial charge in [-0.2, -0.15) is 4.99 Å². The Morgan fingerprint density at radius 3 is 2.58 bits per heavy atom. The van der Waals surface area contributed by atoms with Crippen LogP contribution in [0.3, 0.4) is 0 Å². The normalized spacial score (nSPS) is 11.2. The number of rotatable bonds is 7. The standard InChI is InChI=1S/C13H13NO5/c15-9-14-11(6-7-12(16)17)13(18)19-8-10-4-2-1-3-5-10/h1-5,11H,6-8H2,(H,16,17). The third kappa shape index (κ3) is 5.61. The fourth-order valence-corrected chi connectivity index (χ4v) is 1.38. The molecule has 0 saturated carbocycles. The number of nitrogens with zero attached hydrogens (tertiary/aromatic N) is 1. The summed E-state index contributed by atoms with van der Waals surface area (Å²) in [6.45, 7) is 0.0532. The molecule has 0 heterocycles. The predicted molar refractivity (Wildman–Crippen MR) is 65.0 cm³/mol. The number of hydrogen-bond donors (Lipinski definition) is 1. The van der Waals surface area contributed by atoms with Gasteiger partial charge < -0.3 is 9.84 Å². The molecule has 0 aliphatic rings. The number of carbonyl (C=O) groups excluding carboxylic acids is 2. The van der Waals surface area contributed by atoms with Crippen LogP contribution in [0.2, 0.25) is 0 Å². The number of esters is 1. The van der Waals surface area contributed by atoms with Crippen molar-refractivity contribution in [3.8, 4) is 0 Å². The van der Waals surface area contributed by atoms with E-state index in [1.165, 1.54) is 6.08 Å². The van der Waals surface area contributed by atoms with E-state index in [-0.39, 0.29) is 19.4 Å². The molecule has 1 aromatic rings. The van der Waals surface area contributed by atoms with E-state index in [4.69, 9.17) is 9.84 Å². The van der Waals surface area contributed by atoms with Crippen LogP contribution >= 0.6 is 0 Å². The van der Waals surface area contributed by atoms with Gasteiger partial charge in [0.2, 0.25) is 6.08 Å². The molecule has 0 saturated heterocycles. The Morgan fingerprint density at radius 1 is 1.32 bits per heavy atom. The van der Waals surface area contributed by atoms with Crippen molar-refractivity contribution in [1.29, 1.82) is 0 Å². The van der Waals surface area contributed by atoms with Crippen LogP contribution in [0.15, 0.2) is 35.3 Å². The maximum Gasteiger partial charge on any atom is 0.332 e. The second-order valence-electron chi connectivity index (χ2n) is 3.76. The molecule has 6 nitrogen and oxygen atoms in total. The first-order valence-electron chi connectivity index (χ1n) is 5.63. The van der Waals surface area contributed by atoms with Crippen molar-refractivity contribution in [3.05, 3.63) is 35.9 Å². The summed E-state index contributed by atoms with van der Waals surface area (Å²) in [4.78, 5) is 35.5. The van der Waals surface area contributed by atoms with Crippen LogP contribution in [0.25, 0.3) is 0 Å². The third-order valence-corrected chi connectivity index (χ3v) is 2.34. The summed E-state index contributed by atoms with van der Waals surface area (Å²) in [5, 5.41) is 8.53. The smallest absolute Gasteiger partial charge is 0.332 e. The molecular weight excluding hydrogens is 250 g/mol. The number of carboxylic acids is 1. The first kappa shape index (κ1) is 14.6. The van der Waals surface area contributed by atoms with Crippen molar-refractivity contribution < 1.29 is 24.2 Å². The zero-order chi connectivity index (χ0) is 14.1. The van der Waals surface area contributed by atoms with Crippen LogP contribution in [0.5, 0.6) is 0 Å². The average Bonchev–Trinajstić information content (AvgIpc) is 2.41. The Balaban J connectivity index is 2.52. The predicted octanol–water partition coefficient (Wildman–Crippen LogP) is 1.30. The Morgan fingerprint density at radius 2 is 2.00 bits per heavy atom. The number of carboxylic acid groups (broad SMARTS) is 1. The highest BCUT2D eigenvalue weighted by Crippen LogP contribution is 2.07. The van der Waals surface area contributed by atoms with Crippen molar-refractivity contribution in [1.82, 2.24) is 0 Å². The Bertz CT molecular complexity index is 479. The lowest BCUT2D eigenvalue weighted by molar-refractivity contribution is -0.146. The molecule has 0 aliphatic heterocycles. The van der Waals surface area contributed by atoms with E-state index in [1.807, 2.05) is 6.07 Å². The number of aliphatic imine (C=N–C) groups is 1. The van der Waals surface area contributed by atoms with Gasteiger partial charge in [-0.15, -0.1) is 0 Å². The lowest BCUT2D eigenvalue weighted by Crippen LogP contribution is -2.22. The maximum absolute atomic E-state index is 11.6. The molecule has 1 atom stereocenters. The molecule has 1 N–H and O–H groups in total. The van der Waals surface area contributed by atoms with Crippen molar-refractivity contribution in [3.63, 3.8) is 0 Å². The number of carbonyl (C=O) groups is 2. The van der Waals surface area contributed by atoms with Crippen LogP contribution in [0.4, 0.5) is 0 Å². The van der Waals surface area contributed by atoms with Crippen LogP contribution in [0, 0.1) is 0 Å². The van der Waals surface area contributed by atoms with E-state index in [1.54, 1.807) is 24.3 Å². The quantitative estimate of drug-likeness (QED) is 0.454. The molecule has 0 aliphatic carbocycles. The zero-order valence-corrected chi connectivity index (χ0v) is 10.1. The molecule has 1 rings (SSSR count). The fourth-order valence-electron chi connectivity index (χ4n) is 1.38. The summed E-state index contributed by atoms with van der Waals surface area (Å²) >= 11 is 0. The summed E-state index contributed by atoms with van der Waals surface area (Å²) < 4.78 is 4.97. The minimum absolute atomic E-state index is 0.0532. The van der Waals surface area contributed by atoms with Gasteiger partial charge in [0.1, 0.15) is 6.61 Å². The fraction of sp³-hybridized carbons (Fsp3) is 0.308. The second-order valence-corrected chi connectivity index (χ2v) is 3.76. The van der Waals surface area contributed by atoms with Gasteiger partial charge in [-0.05, 0) is 12.0 Å². The summed E-state index contributed by atoms with van der Waals surface area (Å²) in [5.41, 5.74) is 0.794. The van der Waals surface area contributed by atoms with Crippen LogP contribution in [-0.4, -0.2) is 29.2 Å². The van der Waals surface area contributed by atoms with Crippen molar-refractivity contribution in [2.24, 2.45) is 4.99 Å². The van der Waals surface area contributed by atoms with Crippen molar-refractivity contribution in [2.45, 2.75) is 25.5 Å². The van der Waals surface area contributed by atoms with E-state index >= 15 is 0 Å². The van der Waals surface area contributed by atoms with Crippen molar-refractivity contribution >= 4 is 18.0 Å². The lowest BCUT2D eigenvalue weighted by atomic mass is 10.1. The first-order chi connectivity index (χ1) is 9.13. The number of ether oxygens (including phenoxy) is 1. The Hall–Kier alpha value is -2.46. The molecule has 100 valence electrons. The minimum atomic E-state index is -1.11. The maximum atomic E-state index is 11.6. The van der Waals surface area contributed by atoms with Crippen molar-refractivity contribution in [2.75, 3.05) is 0 Å². The van der Waals surface area contributed by atoms with Crippen LogP contribution < -0.4 is 0 Å². The SMILES string of the molecule is O=C=NC(CCC(=O)O)C(=O)OCc1ccccc1. The van der Waals surface area contributed by atoms with Gasteiger partial charge in [-0.1, -0.05) is 30.3 Å². The van der Waals surface area contributed by atoms with Gasteiger partial charge >= 0.3 is 11.9 Å². The third-order valence-electron chi connectivity index (χ3n) is 2.34. The van der Waals surface area contributed by atoms with Crippen LogP contribution in [-0.2, 0) is 25.7 Å². The molecule has 6 heteroatoms. The molecule has 19 heavy (non-hydrogen) atoms. The van der Waals surface area contributed by atoms with Crippen LogP contribution in [0.1, 0.15) is 18.4 Å². The highest BCUT2D eigenvalue weighted by atomic mass is 16.5. The van der Waals surface area contributed by atoms with Gasteiger partial charge in [0, 0.05) is 6.42 Å². The Kier molecular flexibility index (Phi) is 5.98. The summed E-state index contributed by atoms with van der Waals surface area (Å²) in [6, 6.07) is 7.88. The molecule has 0 radical (unpaired) electrons. The van der Waals surface area contributed by atoms with Gasteiger partial charge in [0.25, 0.3) is 0 Å². The molecule has 0 fully saturated rings. The topological polar surface area (TPSA) is 93.0 Å². The molecule has 1 aromatic carbocycles. The summed E-state index contributed by atoms with van der Waals surface area (Å²) in [6.07, 6.45) is 0.899. The Labute approximate surface area is 109 Å². The second kappa shape index (κ2) is 7.79. The van der Waals surface area contributed by atoms with E-state index in [0.717, 1.165) is 5.56 Å². The van der Waals surface area contributed by atoms with Gasteiger partial charge in [-0.3, -0.25) is 4.79 Å². The van der Waals surface area contributed by atoms with E-state index in [9.17, 15) is 14.4 Å². The summed E-state index contributed by atoms with van der Waals surface area (Å²) in [7, 11) is 0. The van der Waals surface area contributed by atoms with Gasteiger partial charge in [0.05, 0.1) is 0 Å². The number of hydrogen-bond acceptors (Lipinski definition) is 5. The monoisotopic (exact) mass is 263 g/mol. The molecule has 0 spiro atoms. The van der Waals surface area contributed by atoms with Gasteiger partial charge in [-0.25, -0.2) is 9.59 Å². The van der Waals surface area contributed by atoms with E-state index < -0.39 is 18.0 Å². The van der Waals surface area contributed by atoms with Gasteiger partial charge in [0.15, 0.2) is 6.04 Å². The largest absolute Gasteiger partial charge is 0.481 e. The molecule has 0 amide bonds. The lowest BCUT2D eigenvalue weighted by Gasteiger charge is -2.09. The highest BCUT2D eigenvalue weighted by molar-refractivity contribution is 5.78. The molecule has 1 unspecified atom stereocenters. The van der Waals surface area contributed by atoms with E-state index in [0.29, 0.717) is 0 Å². The minimum Gasteiger partial charge on any atom is -0.481 e. The molecule has 0 bridgehead atoms. The zero-order valence-electron chi connectivity index (χ0n) is 10.1. The number of aliphatic carboxylic acids is 1. The highest BCUT2D eigenvalue weighted by Gasteiger charge is 2.20. The molecular formula is C13H13NO5. The summed E-state index contributed by atoms with van der Waals surface area (Å²) in [5.74, 6) is -1.80.